The lowest BCUT2D eigenvalue weighted by Gasteiger charge is -2.11. The number of nitrogens with one attached hydrogen (secondary N) is 2. The Morgan fingerprint density at radius 3 is 2.42 bits per heavy atom. The quantitative estimate of drug-likeness (QED) is 0.733. The molecular formula is C19H17ClN4O2. The van der Waals surface area contributed by atoms with Crippen LogP contribution in [0, 0.1) is 6.92 Å². The number of benzene rings is 2. The summed E-state index contributed by atoms with van der Waals surface area (Å²) in [5.41, 5.74) is 3.22. The maximum Gasteiger partial charge on any atom is 0.326 e. The first-order valence-corrected chi connectivity index (χ1v) is 8.29. The van der Waals surface area contributed by atoms with E-state index in [1.54, 1.807) is 38.4 Å². The lowest BCUT2D eigenvalue weighted by atomic mass is 10.0. The second-order valence-electron chi connectivity index (χ2n) is 5.76. The summed E-state index contributed by atoms with van der Waals surface area (Å²) in [5, 5.41) is 9.77. The fourth-order valence-corrected chi connectivity index (χ4v) is 2.75. The minimum Gasteiger partial charge on any atom is -0.307 e. The van der Waals surface area contributed by atoms with Gasteiger partial charge in [-0.15, -0.1) is 0 Å². The monoisotopic (exact) mass is 368 g/mol. The predicted octanol–water partition coefficient (Wildman–Crippen LogP) is 4.01. The van der Waals surface area contributed by atoms with E-state index in [0.717, 1.165) is 11.1 Å². The van der Waals surface area contributed by atoms with Crippen LogP contribution in [0.25, 0.3) is 11.1 Å². The van der Waals surface area contributed by atoms with Crippen LogP contribution in [-0.4, -0.2) is 21.7 Å². The molecule has 132 valence electrons. The average Bonchev–Trinajstić information content (AvgIpc) is 2.94. The Balaban J connectivity index is 1.77. The van der Waals surface area contributed by atoms with Crippen LogP contribution < -0.4 is 10.6 Å². The minimum atomic E-state index is -0.611. The topological polar surface area (TPSA) is 76.0 Å². The van der Waals surface area contributed by atoms with Crippen molar-refractivity contribution in [2.24, 2.45) is 7.05 Å². The maximum absolute atomic E-state index is 12.3. The van der Waals surface area contributed by atoms with E-state index in [0.29, 0.717) is 22.0 Å². The van der Waals surface area contributed by atoms with E-state index < -0.39 is 11.9 Å². The summed E-state index contributed by atoms with van der Waals surface area (Å²) in [5.74, 6) is -0.503. The number of para-hydroxylation sites is 1. The highest BCUT2D eigenvalue weighted by Crippen LogP contribution is 2.28. The minimum absolute atomic E-state index is 0.355. The zero-order valence-electron chi connectivity index (χ0n) is 14.3. The molecule has 3 aromatic rings. The van der Waals surface area contributed by atoms with Crippen LogP contribution in [0.3, 0.4) is 0 Å². The largest absolute Gasteiger partial charge is 0.326 e. The summed E-state index contributed by atoms with van der Waals surface area (Å²) >= 11 is 5.93. The van der Waals surface area contributed by atoms with Crippen LogP contribution in [-0.2, 0) is 7.05 Å². The molecular weight excluding hydrogens is 352 g/mol. The SMILES string of the molecule is Cc1nn(C)cc1C(=O)NC(=O)Nc1ccccc1-c1ccc(Cl)cc1. The molecule has 2 N–H and O–H groups in total. The molecule has 0 spiro atoms. The van der Waals surface area contributed by atoms with Crippen molar-refractivity contribution in [1.82, 2.24) is 15.1 Å². The standard InChI is InChI=1S/C19H17ClN4O2/c1-12-16(11-24(2)23-12)18(25)22-19(26)21-17-6-4-3-5-15(17)13-7-9-14(20)10-8-13/h3-11H,1-2H3,(H2,21,22,25,26). The summed E-state index contributed by atoms with van der Waals surface area (Å²) in [6.45, 7) is 1.71. The Hall–Kier alpha value is -3.12. The number of anilines is 1. The van der Waals surface area contributed by atoms with Gasteiger partial charge in [0.25, 0.3) is 5.91 Å². The van der Waals surface area contributed by atoms with Gasteiger partial charge in [0, 0.05) is 23.8 Å². The third-order valence-electron chi connectivity index (χ3n) is 3.82. The Bertz CT molecular complexity index is 964. The molecule has 0 atom stereocenters. The molecule has 0 unspecified atom stereocenters. The predicted molar refractivity (Wildman–Crippen MR) is 101 cm³/mol. The van der Waals surface area contributed by atoms with Gasteiger partial charge in [-0.25, -0.2) is 4.79 Å². The third kappa shape index (κ3) is 3.92. The summed E-state index contributed by atoms with van der Waals surface area (Å²) in [6, 6.07) is 14.0. The van der Waals surface area contributed by atoms with Crippen molar-refractivity contribution in [2.75, 3.05) is 5.32 Å². The van der Waals surface area contributed by atoms with Crippen molar-refractivity contribution in [3.63, 3.8) is 0 Å². The van der Waals surface area contributed by atoms with Gasteiger partial charge in [0.05, 0.1) is 16.9 Å². The lowest BCUT2D eigenvalue weighted by Crippen LogP contribution is -2.34. The zero-order valence-corrected chi connectivity index (χ0v) is 15.0. The molecule has 1 heterocycles. The fourth-order valence-electron chi connectivity index (χ4n) is 2.62. The normalized spacial score (nSPS) is 10.4. The Morgan fingerprint density at radius 2 is 1.77 bits per heavy atom. The molecule has 0 aliphatic rings. The van der Waals surface area contributed by atoms with E-state index >= 15 is 0 Å². The van der Waals surface area contributed by atoms with Crippen LogP contribution in [0.5, 0.6) is 0 Å². The number of rotatable bonds is 3. The van der Waals surface area contributed by atoms with Gasteiger partial charge >= 0.3 is 6.03 Å². The second-order valence-corrected chi connectivity index (χ2v) is 6.20. The number of urea groups is 1. The first kappa shape index (κ1) is 17.7. The lowest BCUT2D eigenvalue weighted by molar-refractivity contribution is 0.0966. The summed E-state index contributed by atoms with van der Waals surface area (Å²) in [7, 11) is 1.71. The van der Waals surface area contributed by atoms with E-state index in [4.69, 9.17) is 11.6 Å². The van der Waals surface area contributed by atoms with E-state index in [9.17, 15) is 9.59 Å². The Kier molecular flexibility index (Phi) is 5.04. The molecule has 2 aromatic carbocycles. The highest BCUT2D eigenvalue weighted by Gasteiger charge is 2.16. The summed E-state index contributed by atoms with van der Waals surface area (Å²) < 4.78 is 1.53. The fraction of sp³-hybridized carbons (Fsp3) is 0.105. The van der Waals surface area contributed by atoms with Gasteiger partial charge in [-0.1, -0.05) is 41.9 Å². The molecule has 3 rings (SSSR count). The van der Waals surface area contributed by atoms with Crippen LogP contribution in [0.4, 0.5) is 10.5 Å². The molecule has 3 amide bonds. The second kappa shape index (κ2) is 7.41. The first-order valence-electron chi connectivity index (χ1n) is 7.91. The van der Waals surface area contributed by atoms with Gasteiger partial charge in [0.2, 0.25) is 0 Å². The first-order chi connectivity index (χ1) is 12.4. The molecule has 7 heteroatoms. The van der Waals surface area contributed by atoms with Gasteiger partial charge in [-0.2, -0.15) is 5.10 Å². The molecule has 26 heavy (non-hydrogen) atoms. The van der Waals surface area contributed by atoms with Crippen molar-refractivity contribution in [3.05, 3.63) is 71.0 Å². The van der Waals surface area contributed by atoms with E-state index in [2.05, 4.69) is 15.7 Å². The van der Waals surface area contributed by atoms with Crippen molar-refractivity contribution in [1.29, 1.82) is 0 Å². The number of halogens is 1. The molecule has 0 saturated heterocycles. The van der Waals surface area contributed by atoms with Crippen molar-refractivity contribution < 1.29 is 9.59 Å². The molecule has 1 aromatic heterocycles. The molecule has 0 aliphatic heterocycles. The van der Waals surface area contributed by atoms with Gasteiger partial charge in [0.15, 0.2) is 0 Å². The number of carbonyl (C=O) groups excluding carboxylic acids is 2. The van der Waals surface area contributed by atoms with Crippen LogP contribution in [0.2, 0.25) is 5.02 Å². The summed E-state index contributed by atoms with van der Waals surface area (Å²) in [4.78, 5) is 24.5. The number of carbonyl (C=O) groups is 2. The molecule has 0 aliphatic carbocycles. The molecule has 0 saturated carbocycles. The van der Waals surface area contributed by atoms with Crippen LogP contribution in [0.15, 0.2) is 54.7 Å². The zero-order chi connectivity index (χ0) is 18.7. The Morgan fingerprint density at radius 1 is 1.08 bits per heavy atom. The van der Waals surface area contributed by atoms with Gasteiger partial charge in [0.1, 0.15) is 0 Å². The molecule has 0 radical (unpaired) electrons. The molecule has 6 nitrogen and oxygen atoms in total. The van der Waals surface area contributed by atoms with E-state index in [1.807, 2.05) is 30.3 Å². The van der Waals surface area contributed by atoms with Crippen molar-refractivity contribution in [2.45, 2.75) is 6.92 Å². The van der Waals surface area contributed by atoms with Gasteiger partial charge < -0.3 is 5.32 Å². The smallest absolute Gasteiger partial charge is 0.307 e. The number of aryl methyl sites for hydroxylation is 2. The van der Waals surface area contributed by atoms with Crippen LogP contribution in [0.1, 0.15) is 16.1 Å². The summed E-state index contributed by atoms with van der Waals surface area (Å²) in [6.07, 6.45) is 1.57. The number of hydrogen-bond donors (Lipinski definition) is 2. The van der Waals surface area contributed by atoms with Crippen LogP contribution >= 0.6 is 11.6 Å². The van der Waals surface area contributed by atoms with Crippen molar-refractivity contribution in [3.8, 4) is 11.1 Å². The third-order valence-corrected chi connectivity index (χ3v) is 4.07. The van der Waals surface area contributed by atoms with E-state index in [-0.39, 0.29) is 0 Å². The average molecular weight is 369 g/mol. The number of aromatic nitrogens is 2. The highest BCUT2D eigenvalue weighted by molar-refractivity contribution is 6.30. The highest BCUT2D eigenvalue weighted by atomic mass is 35.5. The molecule has 0 fully saturated rings. The van der Waals surface area contributed by atoms with Crippen molar-refractivity contribution >= 4 is 29.2 Å². The Labute approximate surface area is 155 Å². The molecule has 0 bridgehead atoms. The maximum atomic E-state index is 12.3. The number of amides is 3. The van der Waals surface area contributed by atoms with E-state index in [1.165, 1.54) is 4.68 Å². The van der Waals surface area contributed by atoms with Gasteiger partial charge in [-0.3, -0.25) is 14.8 Å². The number of nitrogens with zero attached hydrogens (tertiary/aromatic N) is 2. The number of imide groups is 1. The number of hydrogen-bond acceptors (Lipinski definition) is 3. The van der Waals surface area contributed by atoms with Gasteiger partial charge in [-0.05, 0) is 30.7 Å².